The molecule has 3 aliphatic rings. The summed E-state index contributed by atoms with van der Waals surface area (Å²) in [5.41, 5.74) is 2.37. The highest BCUT2D eigenvalue weighted by molar-refractivity contribution is 5.93. The summed E-state index contributed by atoms with van der Waals surface area (Å²) >= 11 is 0. The van der Waals surface area contributed by atoms with Gasteiger partial charge in [-0.15, -0.1) is 0 Å². The van der Waals surface area contributed by atoms with Crippen LogP contribution in [0.5, 0.6) is 0 Å². The monoisotopic (exact) mass is 354 g/mol. The highest BCUT2D eigenvalue weighted by Gasteiger charge is 2.36. The zero-order valence-electron chi connectivity index (χ0n) is 16.7. The standard InChI is InChI=1S/C23H34N2O/c1-23(2,3)20-15-26-22(25-20)19-14-8-13-18(24-19)21(16-9-4-5-10-16)17-11-6-7-12-17/h8,13-14,16-17,20-21H,4-7,9-12,15H2,1-3H3/t20-/m0/s1. The largest absolute Gasteiger partial charge is 0.474 e. The second-order valence-corrected chi connectivity index (χ2v) is 9.69. The first-order valence-electron chi connectivity index (χ1n) is 10.7. The topological polar surface area (TPSA) is 34.5 Å². The SMILES string of the molecule is CC(C)(C)[C@@H]1COC(c2cccc(C(C3CCCC3)C3CCCC3)n2)=N1. The van der Waals surface area contributed by atoms with Crippen LogP contribution in [0.15, 0.2) is 23.2 Å². The summed E-state index contributed by atoms with van der Waals surface area (Å²) in [5.74, 6) is 3.05. The van der Waals surface area contributed by atoms with E-state index in [2.05, 4.69) is 39.0 Å². The lowest BCUT2D eigenvalue weighted by Gasteiger charge is -2.29. The Kier molecular flexibility index (Phi) is 5.07. The Morgan fingerprint density at radius 1 is 0.962 bits per heavy atom. The van der Waals surface area contributed by atoms with Gasteiger partial charge in [0, 0.05) is 11.6 Å². The first-order valence-corrected chi connectivity index (χ1v) is 10.7. The molecule has 1 aliphatic heterocycles. The van der Waals surface area contributed by atoms with E-state index in [0.717, 1.165) is 23.4 Å². The third-order valence-electron chi connectivity index (χ3n) is 6.80. The number of hydrogen-bond donors (Lipinski definition) is 0. The zero-order valence-corrected chi connectivity index (χ0v) is 16.7. The van der Waals surface area contributed by atoms with E-state index < -0.39 is 0 Å². The fourth-order valence-corrected chi connectivity index (χ4v) is 5.21. The molecule has 0 amide bonds. The van der Waals surface area contributed by atoms with Gasteiger partial charge in [0.15, 0.2) is 0 Å². The summed E-state index contributed by atoms with van der Waals surface area (Å²) in [6, 6.07) is 6.74. The number of rotatable bonds is 4. The molecule has 3 nitrogen and oxygen atoms in total. The van der Waals surface area contributed by atoms with Crippen LogP contribution in [0.2, 0.25) is 0 Å². The van der Waals surface area contributed by atoms with Gasteiger partial charge in [0.25, 0.3) is 0 Å². The van der Waals surface area contributed by atoms with E-state index >= 15 is 0 Å². The van der Waals surface area contributed by atoms with Crippen molar-refractivity contribution >= 4 is 5.90 Å². The zero-order chi connectivity index (χ0) is 18.1. The Labute approximate surface area is 158 Å². The average Bonchev–Trinajstić information content (AvgIpc) is 3.37. The van der Waals surface area contributed by atoms with Crippen LogP contribution in [0, 0.1) is 17.3 Å². The van der Waals surface area contributed by atoms with Crippen molar-refractivity contribution in [1.29, 1.82) is 0 Å². The summed E-state index contributed by atoms with van der Waals surface area (Å²) in [7, 11) is 0. The Morgan fingerprint density at radius 2 is 1.58 bits per heavy atom. The van der Waals surface area contributed by atoms with Gasteiger partial charge in [-0.2, -0.15) is 0 Å². The highest BCUT2D eigenvalue weighted by atomic mass is 16.5. The van der Waals surface area contributed by atoms with Crippen LogP contribution in [0.1, 0.15) is 89.4 Å². The Hall–Kier alpha value is -1.38. The fourth-order valence-electron chi connectivity index (χ4n) is 5.21. The van der Waals surface area contributed by atoms with Crippen molar-refractivity contribution in [3.63, 3.8) is 0 Å². The third-order valence-corrected chi connectivity index (χ3v) is 6.80. The molecule has 0 N–H and O–H groups in total. The van der Waals surface area contributed by atoms with Crippen molar-refractivity contribution in [2.75, 3.05) is 6.61 Å². The second-order valence-electron chi connectivity index (χ2n) is 9.69. The lowest BCUT2D eigenvalue weighted by Crippen LogP contribution is -2.25. The van der Waals surface area contributed by atoms with E-state index in [4.69, 9.17) is 14.7 Å². The number of aliphatic imine (C=N–C) groups is 1. The molecule has 142 valence electrons. The summed E-state index contributed by atoms with van der Waals surface area (Å²) in [4.78, 5) is 9.96. The summed E-state index contributed by atoms with van der Waals surface area (Å²) in [6.07, 6.45) is 11.1. The van der Waals surface area contributed by atoms with Gasteiger partial charge in [-0.05, 0) is 55.1 Å². The van der Waals surface area contributed by atoms with Crippen LogP contribution in [0.3, 0.4) is 0 Å². The first-order chi connectivity index (χ1) is 12.5. The van der Waals surface area contributed by atoms with Crippen LogP contribution in [-0.2, 0) is 4.74 Å². The maximum Gasteiger partial charge on any atom is 0.235 e. The predicted octanol–water partition coefficient (Wildman–Crippen LogP) is 5.74. The van der Waals surface area contributed by atoms with E-state index in [1.54, 1.807) is 0 Å². The van der Waals surface area contributed by atoms with Crippen molar-refractivity contribution in [2.45, 2.75) is 84.1 Å². The molecule has 4 rings (SSSR count). The molecule has 2 saturated carbocycles. The third kappa shape index (κ3) is 3.68. The molecule has 0 saturated heterocycles. The molecule has 3 heteroatoms. The molecular formula is C23H34N2O. The van der Waals surface area contributed by atoms with E-state index in [1.807, 2.05) is 0 Å². The molecule has 0 radical (unpaired) electrons. The van der Waals surface area contributed by atoms with Crippen molar-refractivity contribution in [3.8, 4) is 0 Å². The van der Waals surface area contributed by atoms with E-state index in [9.17, 15) is 0 Å². The molecular weight excluding hydrogens is 320 g/mol. The molecule has 26 heavy (non-hydrogen) atoms. The number of hydrogen-bond acceptors (Lipinski definition) is 3. The molecule has 1 aromatic heterocycles. The predicted molar refractivity (Wildman–Crippen MR) is 107 cm³/mol. The lowest BCUT2D eigenvalue weighted by atomic mass is 9.77. The van der Waals surface area contributed by atoms with Crippen molar-refractivity contribution in [1.82, 2.24) is 4.98 Å². The molecule has 2 heterocycles. The van der Waals surface area contributed by atoms with Crippen molar-refractivity contribution in [3.05, 3.63) is 29.6 Å². The minimum atomic E-state index is 0.135. The number of aromatic nitrogens is 1. The molecule has 2 fully saturated rings. The highest BCUT2D eigenvalue weighted by Crippen LogP contribution is 2.46. The number of pyridine rings is 1. The van der Waals surface area contributed by atoms with Gasteiger partial charge in [0.1, 0.15) is 12.3 Å². The smallest absolute Gasteiger partial charge is 0.235 e. The summed E-state index contributed by atoms with van der Waals surface area (Å²) in [5, 5.41) is 0. The van der Waals surface area contributed by atoms with E-state index in [0.29, 0.717) is 12.5 Å². The van der Waals surface area contributed by atoms with Gasteiger partial charge in [-0.3, -0.25) is 0 Å². The maximum atomic E-state index is 5.95. The van der Waals surface area contributed by atoms with Crippen LogP contribution in [0.4, 0.5) is 0 Å². The first kappa shape index (κ1) is 18.0. The van der Waals surface area contributed by atoms with Gasteiger partial charge in [-0.25, -0.2) is 9.98 Å². The van der Waals surface area contributed by atoms with Gasteiger partial charge < -0.3 is 4.74 Å². The average molecular weight is 355 g/mol. The minimum absolute atomic E-state index is 0.135. The van der Waals surface area contributed by atoms with Gasteiger partial charge in [0.2, 0.25) is 5.90 Å². The van der Waals surface area contributed by atoms with Crippen LogP contribution < -0.4 is 0 Å². The van der Waals surface area contributed by atoms with Crippen molar-refractivity contribution in [2.24, 2.45) is 22.2 Å². The molecule has 1 aromatic rings. The number of nitrogens with zero attached hydrogens (tertiary/aromatic N) is 2. The van der Waals surface area contributed by atoms with Crippen LogP contribution in [0.25, 0.3) is 0 Å². The van der Waals surface area contributed by atoms with E-state index in [1.165, 1.54) is 57.1 Å². The molecule has 0 bridgehead atoms. The molecule has 0 aromatic carbocycles. The second kappa shape index (κ2) is 7.32. The van der Waals surface area contributed by atoms with Crippen molar-refractivity contribution < 1.29 is 4.74 Å². The molecule has 0 spiro atoms. The Morgan fingerprint density at radius 3 is 2.12 bits per heavy atom. The molecule has 1 atom stereocenters. The normalized spacial score (nSPS) is 25.1. The Balaban J connectivity index is 1.61. The van der Waals surface area contributed by atoms with Crippen LogP contribution >= 0.6 is 0 Å². The summed E-state index contributed by atoms with van der Waals surface area (Å²) < 4.78 is 5.95. The Bertz CT molecular complexity index is 632. The lowest BCUT2D eigenvalue weighted by molar-refractivity contribution is 0.235. The summed E-state index contributed by atoms with van der Waals surface area (Å²) in [6.45, 7) is 7.37. The minimum Gasteiger partial charge on any atom is -0.474 e. The van der Waals surface area contributed by atoms with Gasteiger partial charge in [0.05, 0.1) is 6.04 Å². The quantitative estimate of drug-likeness (QED) is 0.691. The maximum absolute atomic E-state index is 5.95. The van der Waals surface area contributed by atoms with E-state index in [-0.39, 0.29) is 11.5 Å². The number of ether oxygens (including phenoxy) is 1. The molecule has 0 unspecified atom stereocenters. The van der Waals surface area contributed by atoms with Crippen LogP contribution in [-0.4, -0.2) is 23.5 Å². The van der Waals surface area contributed by atoms with Gasteiger partial charge in [-0.1, -0.05) is 52.5 Å². The van der Waals surface area contributed by atoms with Gasteiger partial charge >= 0.3 is 0 Å². The molecule has 2 aliphatic carbocycles. The fraction of sp³-hybridized carbons (Fsp3) is 0.739.